The van der Waals surface area contributed by atoms with Gasteiger partial charge in [-0.3, -0.25) is 4.79 Å². The van der Waals surface area contributed by atoms with E-state index >= 15 is 0 Å². The number of rotatable bonds is 3. The molecule has 4 nitrogen and oxygen atoms in total. The third-order valence-corrected chi connectivity index (χ3v) is 1.70. The molecule has 0 aliphatic rings. The second kappa shape index (κ2) is 8.35. The molecule has 0 saturated heterocycles. The number of para-hydroxylation sites is 1. The van der Waals surface area contributed by atoms with Crippen LogP contribution in [0.1, 0.15) is 13.8 Å². The fourth-order valence-corrected chi connectivity index (χ4v) is 0.819. The van der Waals surface area contributed by atoms with Crippen molar-refractivity contribution in [2.45, 2.75) is 20.0 Å². The van der Waals surface area contributed by atoms with Gasteiger partial charge in [-0.1, -0.05) is 24.8 Å². The predicted octanol–water partition coefficient (Wildman–Crippen LogP) is 1.45. The van der Waals surface area contributed by atoms with Gasteiger partial charge in [0.15, 0.2) is 0 Å². The van der Waals surface area contributed by atoms with E-state index in [2.05, 4.69) is 11.9 Å². The molecule has 0 fully saturated rings. The molecule has 0 spiro atoms. The van der Waals surface area contributed by atoms with E-state index in [1.807, 2.05) is 6.07 Å². The Balaban J connectivity index is 0.000000318. The minimum absolute atomic E-state index is 0.207. The minimum atomic E-state index is -0.497. The summed E-state index contributed by atoms with van der Waals surface area (Å²) in [5, 5.41) is 19.9. The number of aliphatic hydroxyl groups is 1. The Morgan fingerprint density at radius 1 is 1.41 bits per heavy atom. The molecule has 1 amide bonds. The van der Waals surface area contributed by atoms with Crippen LogP contribution in [0.15, 0.2) is 42.5 Å². The Kier molecular flexibility index (Phi) is 7.46. The van der Waals surface area contributed by atoms with E-state index in [1.54, 1.807) is 38.1 Å². The molecule has 1 atom stereocenters. The summed E-state index contributed by atoms with van der Waals surface area (Å²) < 4.78 is 0. The Hall–Kier alpha value is -1.81. The Morgan fingerprint density at radius 2 is 1.94 bits per heavy atom. The SMILES string of the molecule is C=C(C)C(=O)NCC(C)O.Oc1ccccc1. The zero-order valence-electron chi connectivity index (χ0n) is 10.2. The van der Waals surface area contributed by atoms with Crippen LogP contribution in [-0.2, 0) is 4.79 Å². The van der Waals surface area contributed by atoms with Crippen molar-refractivity contribution in [2.24, 2.45) is 0 Å². The topological polar surface area (TPSA) is 69.6 Å². The molecule has 0 heterocycles. The van der Waals surface area contributed by atoms with Crippen LogP contribution in [-0.4, -0.2) is 28.8 Å². The Labute approximate surface area is 102 Å². The highest BCUT2D eigenvalue weighted by Gasteiger charge is 2.01. The highest BCUT2D eigenvalue weighted by molar-refractivity contribution is 5.92. The van der Waals surface area contributed by atoms with Crippen molar-refractivity contribution >= 4 is 5.91 Å². The molecule has 1 rings (SSSR count). The third-order valence-electron chi connectivity index (χ3n) is 1.70. The molecule has 17 heavy (non-hydrogen) atoms. The Morgan fingerprint density at radius 3 is 2.24 bits per heavy atom. The maximum Gasteiger partial charge on any atom is 0.246 e. The van der Waals surface area contributed by atoms with E-state index in [9.17, 15) is 4.79 Å². The summed E-state index contributed by atoms with van der Waals surface area (Å²) >= 11 is 0. The molecule has 1 aromatic carbocycles. The van der Waals surface area contributed by atoms with E-state index in [-0.39, 0.29) is 12.5 Å². The summed E-state index contributed by atoms with van der Waals surface area (Å²) in [7, 11) is 0. The van der Waals surface area contributed by atoms with Gasteiger partial charge in [0.2, 0.25) is 5.91 Å². The van der Waals surface area contributed by atoms with Crippen molar-refractivity contribution in [3.8, 4) is 5.75 Å². The molecule has 0 radical (unpaired) electrons. The molecule has 1 aromatic rings. The monoisotopic (exact) mass is 237 g/mol. The van der Waals surface area contributed by atoms with Crippen molar-refractivity contribution in [3.05, 3.63) is 42.5 Å². The first kappa shape index (κ1) is 15.2. The second-order valence-corrected chi connectivity index (χ2v) is 3.67. The molecule has 0 aliphatic heterocycles. The fourth-order valence-electron chi connectivity index (χ4n) is 0.819. The van der Waals surface area contributed by atoms with E-state index in [0.717, 1.165) is 0 Å². The minimum Gasteiger partial charge on any atom is -0.508 e. The first-order valence-corrected chi connectivity index (χ1v) is 5.29. The zero-order chi connectivity index (χ0) is 13.3. The van der Waals surface area contributed by atoms with Crippen LogP contribution in [0, 0.1) is 0 Å². The molecule has 0 aliphatic carbocycles. The van der Waals surface area contributed by atoms with Crippen molar-refractivity contribution in [2.75, 3.05) is 6.54 Å². The van der Waals surface area contributed by atoms with Crippen molar-refractivity contribution in [1.82, 2.24) is 5.32 Å². The Bertz CT molecular complexity index is 347. The van der Waals surface area contributed by atoms with Crippen LogP contribution in [0.4, 0.5) is 0 Å². The number of amides is 1. The van der Waals surface area contributed by atoms with Crippen LogP contribution in [0.3, 0.4) is 0 Å². The number of hydrogen-bond donors (Lipinski definition) is 3. The van der Waals surface area contributed by atoms with Gasteiger partial charge in [-0.2, -0.15) is 0 Å². The average Bonchev–Trinajstić information content (AvgIpc) is 2.27. The largest absolute Gasteiger partial charge is 0.508 e. The van der Waals surface area contributed by atoms with Crippen molar-refractivity contribution in [1.29, 1.82) is 0 Å². The lowest BCUT2D eigenvalue weighted by Gasteiger charge is -2.05. The highest BCUT2D eigenvalue weighted by Crippen LogP contribution is 2.02. The van der Waals surface area contributed by atoms with Gasteiger partial charge in [-0.25, -0.2) is 0 Å². The maximum atomic E-state index is 10.7. The van der Waals surface area contributed by atoms with Crippen LogP contribution >= 0.6 is 0 Å². The molecular formula is C13H19NO3. The van der Waals surface area contributed by atoms with Gasteiger partial charge in [0.25, 0.3) is 0 Å². The highest BCUT2D eigenvalue weighted by atomic mass is 16.3. The molecular weight excluding hydrogens is 218 g/mol. The molecule has 4 heteroatoms. The molecule has 1 unspecified atom stereocenters. The number of carbonyl (C=O) groups excluding carboxylic acids is 1. The molecule has 94 valence electrons. The number of aliphatic hydroxyl groups excluding tert-OH is 1. The van der Waals surface area contributed by atoms with Gasteiger partial charge < -0.3 is 15.5 Å². The maximum absolute atomic E-state index is 10.7. The van der Waals surface area contributed by atoms with Gasteiger partial charge in [0.1, 0.15) is 5.75 Å². The van der Waals surface area contributed by atoms with Crippen LogP contribution < -0.4 is 5.32 Å². The summed E-state index contributed by atoms with van der Waals surface area (Å²) in [4.78, 5) is 10.7. The number of carbonyl (C=O) groups is 1. The molecule has 3 N–H and O–H groups in total. The quantitative estimate of drug-likeness (QED) is 0.697. The van der Waals surface area contributed by atoms with Crippen LogP contribution in [0.5, 0.6) is 5.75 Å². The van der Waals surface area contributed by atoms with Crippen molar-refractivity contribution < 1.29 is 15.0 Å². The van der Waals surface area contributed by atoms with Gasteiger partial charge in [-0.05, 0) is 26.0 Å². The number of phenols is 1. The van der Waals surface area contributed by atoms with Gasteiger partial charge in [-0.15, -0.1) is 0 Å². The summed E-state index contributed by atoms with van der Waals surface area (Å²) in [6.45, 7) is 6.95. The van der Waals surface area contributed by atoms with E-state index in [1.165, 1.54) is 0 Å². The lowest BCUT2D eigenvalue weighted by atomic mass is 10.3. The molecule has 0 saturated carbocycles. The summed E-state index contributed by atoms with van der Waals surface area (Å²) in [5.41, 5.74) is 0.459. The summed E-state index contributed by atoms with van der Waals surface area (Å²) in [6.07, 6.45) is -0.497. The van der Waals surface area contributed by atoms with Gasteiger partial charge in [0.05, 0.1) is 6.10 Å². The van der Waals surface area contributed by atoms with E-state index in [4.69, 9.17) is 10.2 Å². The second-order valence-electron chi connectivity index (χ2n) is 3.67. The lowest BCUT2D eigenvalue weighted by molar-refractivity contribution is -0.117. The van der Waals surface area contributed by atoms with E-state index < -0.39 is 6.10 Å². The van der Waals surface area contributed by atoms with Crippen LogP contribution in [0.2, 0.25) is 0 Å². The molecule has 0 bridgehead atoms. The van der Waals surface area contributed by atoms with Crippen molar-refractivity contribution in [3.63, 3.8) is 0 Å². The summed E-state index contributed by atoms with van der Waals surface area (Å²) in [6, 6.07) is 8.71. The lowest BCUT2D eigenvalue weighted by Crippen LogP contribution is -2.30. The smallest absolute Gasteiger partial charge is 0.246 e. The first-order valence-electron chi connectivity index (χ1n) is 5.29. The standard InChI is InChI=1S/C7H13NO2.C6H6O/c1-5(2)7(10)8-4-6(3)9;7-6-4-2-1-3-5-6/h6,9H,1,4H2,2-3H3,(H,8,10);1-5,7H. The number of hydrogen-bond acceptors (Lipinski definition) is 3. The summed E-state index contributed by atoms with van der Waals surface area (Å²) in [5.74, 6) is 0.114. The average molecular weight is 237 g/mol. The zero-order valence-corrected chi connectivity index (χ0v) is 10.2. The van der Waals surface area contributed by atoms with Gasteiger partial charge >= 0.3 is 0 Å². The normalized spacial score (nSPS) is 10.8. The van der Waals surface area contributed by atoms with Crippen LogP contribution in [0.25, 0.3) is 0 Å². The molecule has 0 aromatic heterocycles. The third kappa shape index (κ3) is 9.14. The first-order chi connectivity index (χ1) is 7.93. The van der Waals surface area contributed by atoms with E-state index in [0.29, 0.717) is 11.3 Å². The van der Waals surface area contributed by atoms with Gasteiger partial charge in [0, 0.05) is 12.1 Å². The number of aromatic hydroxyl groups is 1. The fraction of sp³-hybridized carbons (Fsp3) is 0.308. The number of nitrogens with one attached hydrogen (secondary N) is 1. The number of benzene rings is 1. The predicted molar refractivity (Wildman–Crippen MR) is 67.6 cm³/mol. The number of phenolic OH excluding ortho intramolecular Hbond substituents is 1.